The van der Waals surface area contributed by atoms with E-state index in [1.807, 2.05) is 36.4 Å². The molecule has 1 atom stereocenters. The Bertz CT molecular complexity index is 1700. The average Bonchev–Trinajstić information content (AvgIpc) is 3.03. The largest absolute Gasteiger partial charge is 0.495 e. The molecule has 1 unspecified atom stereocenters. The fourth-order valence-electron chi connectivity index (χ4n) is 4.71. The third-order valence-corrected chi connectivity index (χ3v) is 9.03. The second kappa shape index (κ2) is 13.3. The van der Waals surface area contributed by atoms with E-state index in [-0.39, 0.29) is 23.0 Å². The van der Waals surface area contributed by atoms with Gasteiger partial charge in [-0.1, -0.05) is 84.4 Å². The number of nitrogens with zero attached hydrogens (tertiary/aromatic N) is 2. The summed E-state index contributed by atoms with van der Waals surface area (Å²) in [5, 5.41) is 2.99. The molecular weight excluding hydrogens is 590 g/mol. The maximum Gasteiger partial charge on any atom is 0.263 e. The first-order chi connectivity index (χ1) is 20.8. The maximum atomic E-state index is 13.9. The van der Waals surface area contributed by atoms with E-state index in [1.165, 1.54) is 30.2 Å². The molecule has 222 valence electrons. The van der Waals surface area contributed by atoms with Gasteiger partial charge in [0.05, 0.1) is 35.8 Å². The Morgan fingerprint density at radius 1 is 0.953 bits per heavy atom. The van der Waals surface area contributed by atoms with Gasteiger partial charge >= 0.3 is 0 Å². The first kappa shape index (κ1) is 30.1. The van der Waals surface area contributed by atoms with Crippen molar-refractivity contribution in [2.75, 3.05) is 25.1 Å². The number of methoxy groups -OCH3 is 1. The second-order valence-corrected chi connectivity index (χ2v) is 12.2. The van der Waals surface area contributed by atoms with Gasteiger partial charge in [0.1, 0.15) is 11.5 Å². The number of carbonyl (C=O) groups excluding carboxylic acids is 2. The lowest BCUT2D eigenvalue weighted by atomic mass is 10.1. The molecule has 1 heterocycles. The van der Waals surface area contributed by atoms with E-state index in [0.717, 1.165) is 9.87 Å². The molecule has 0 radical (unpaired) electrons. The van der Waals surface area contributed by atoms with Crippen LogP contribution in [-0.2, 0) is 32.7 Å². The molecule has 1 aliphatic heterocycles. The van der Waals surface area contributed by atoms with E-state index in [1.54, 1.807) is 48.5 Å². The van der Waals surface area contributed by atoms with Crippen molar-refractivity contribution in [2.24, 2.45) is 0 Å². The van der Waals surface area contributed by atoms with E-state index >= 15 is 0 Å². The number of halogens is 1. The SMILES string of the molecule is COc1ccc(S(=O)(=O)N(CC(=O)N2CC(C(=O)NCc3ccccc3)Oc3ccccc32)Cc2ccccc2)cc1Cl. The first-order valence-corrected chi connectivity index (χ1v) is 15.3. The number of hydrogen-bond donors (Lipinski definition) is 1. The third kappa shape index (κ3) is 6.99. The molecule has 1 N–H and O–H groups in total. The summed E-state index contributed by atoms with van der Waals surface area (Å²) in [6.07, 6.45) is -0.998. The number of para-hydroxylation sites is 2. The van der Waals surface area contributed by atoms with Gasteiger partial charge in [-0.15, -0.1) is 0 Å². The minimum absolute atomic E-state index is 0.0639. The summed E-state index contributed by atoms with van der Waals surface area (Å²) in [6, 6.07) is 29.4. The zero-order valence-electron chi connectivity index (χ0n) is 23.4. The van der Waals surface area contributed by atoms with Gasteiger partial charge in [-0.2, -0.15) is 4.31 Å². The van der Waals surface area contributed by atoms with Gasteiger partial charge in [0.15, 0.2) is 6.10 Å². The Balaban J connectivity index is 1.41. The van der Waals surface area contributed by atoms with Crippen molar-refractivity contribution in [1.29, 1.82) is 0 Å². The molecular formula is C32H30ClN3O6S. The van der Waals surface area contributed by atoms with Crippen LogP contribution in [0.5, 0.6) is 11.5 Å². The Hall–Kier alpha value is -4.38. The molecule has 0 bridgehead atoms. The van der Waals surface area contributed by atoms with E-state index in [2.05, 4.69) is 5.32 Å². The summed E-state index contributed by atoms with van der Waals surface area (Å²) < 4.78 is 40.1. The number of fused-ring (bicyclic) bond motifs is 1. The van der Waals surface area contributed by atoms with Crippen molar-refractivity contribution in [3.05, 3.63) is 119 Å². The van der Waals surface area contributed by atoms with Crippen molar-refractivity contribution in [1.82, 2.24) is 9.62 Å². The Kier molecular flexibility index (Phi) is 9.30. The highest BCUT2D eigenvalue weighted by molar-refractivity contribution is 7.89. The van der Waals surface area contributed by atoms with Gasteiger partial charge in [0, 0.05) is 13.1 Å². The minimum Gasteiger partial charge on any atom is -0.495 e. The lowest BCUT2D eigenvalue weighted by Gasteiger charge is -2.35. The molecule has 0 saturated carbocycles. The molecule has 43 heavy (non-hydrogen) atoms. The second-order valence-electron chi connectivity index (χ2n) is 9.84. The molecule has 4 aromatic rings. The first-order valence-electron chi connectivity index (χ1n) is 13.5. The van der Waals surface area contributed by atoms with Crippen LogP contribution < -0.4 is 19.7 Å². The Labute approximate surface area is 255 Å². The molecule has 9 nitrogen and oxygen atoms in total. The van der Waals surface area contributed by atoms with Crippen LogP contribution in [0.15, 0.2) is 108 Å². The van der Waals surface area contributed by atoms with E-state index < -0.39 is 34.5 Å². The van der Waals surface area contributed by atoms with Crippen LogP contribution in [0.2, 0.25) is 5.02 Å². The molecule has 0 aromatic heterocycles. The standard InChI is InChI=1S/C32H30ClN3O6S/c1-41-28-17-16-25(18-26(28)33)43(39,40)35(20-24-12-6-3-7-13-24)22-31(37)36-21-30(42-29-15-9-8-14-27(29)36)32(38)34-19-23-10-4-2-5-11-23/h2-18,30H,19-22H2,1H3,(H,34,38). The number of rotatable bonds is 10. The highest BCUT2D eigenvalue weighted by atomic mass is 35.5. The smallest absolute Gasteiger partial charge is 0.263 e. The van der Waals surface area contributed by atoms with Gasteiger partial charge in [-0.25, -0.2) is 8.42 Å². The quantitative estimate of drug-likeness (QED) is 0.277. The molecule has 0 spiro atoms. The van der Waals surface area contributed by atoms with Gasteiger partial charge in [0.25, 0.3) is 5.91 Å². The number of anilines is 1. The molecule has 0 saturated heterocycles. The van der Waals surface area contributed by atoms with Crippen LogP contribution in [-0.4, -0.2) is 50.8 Å². The zero-order chi connectivity index (χ0) is 30.4. The van der Waals surface area contributed by atoms with Crippen LogP contribution in [0.25, 0.3) is 0 Å². The highest BCUT2D eigenvalue weighted by Crippen LogP contribution is 2.34. The summed E-state index contributed by atoms with van der Waals surface area (Å²) in [5.41, 5.74) is 2.06. The topological polar surface area (TPSA) is 105 Å². The normalized spacial score (nSPS) is 14.5. The Morgan fingerprint density at radius 3 is 2.28 bits per heavy atom. The number of amides is 2. The lowest BCUT2D eigenvalue weighted by Crippen LogP contribution is -2.52. The third-order valence-electron chi connectivity index (χ3n) is 6.95. The summed E-state index contributed by atoms with van der Waals surface area (Å²) >= 11 is 6.26. The molecule has 11 heteroatoms. The van der Waals surface area contributed by atoms with E-state index in [0.29, 0.717) is 29.3 Å². The fraction of sp³-hybridized carbons (Fsp3) is 0.188. The van der Waals surface area contributed by atoms with Crippen LogP contribution in [0.1, 0.15) is 11.1 Å². The number of sulfonamides is 1. The van der Waals surface area contributed by atoms with Crippen LogP contribution in [0, 0.1) is 0 Å². The zero-order valence-corrected chi connectivity index (χ0v) is 24.9. The number of hydrogen-bond acceptors (Lipinski definition) is 6. The fourth-order valence-corrected chi connectivity index (χ4v) is 6.44. The average molecular weight is 620 g/mol. The number of ether oxygens (including phenoxy) is 2. The number of carbonyl (C=O) groups is 2. The van der Waals surface area contributed by atoms with Crippen LogP contribution in [0.4, 0.5) is 5.69 Å². The highest BCUT2D eigenvalue weighted by Gasteiger charge is 2.36. The van der Waals surface area contributed by atoms with Crippen molar-refractivity contribution >= 4 is 39.1 Å². The summed E-state index contributed by atoms with van der Waals surface area (Å²) in [4.78, 5) is 28.4. The maximum absolute atomic E-state index is 13.9. The van der Waals surface area contributed by atoms with Gasteiger partial charge in [-0.3, -0.25) is 9.59 Å². The van der Waals surface area contributed by atoms with E-state index in [4.69, 9.17) is 21.1 Å². The van der Waals surface area contributed by atoms with E-state index in [9.17, 15) is 18.0 Å². The predicted octanol–water partition coefficient (Wildman–Crippen LogP) is 4.65. The minimum atomic E-state index is -4.19. The van der Waals surface area contributed by atoms with Crippen molar-refractivity contribution in [2.45, 2.75) is 24.1 Å². The molecule has 0 aliphatic carbocycles. The van der Waals surface area contributed by atoms with Gasteiger partial charge in [-0.05, 0) is 41.5 Å². The molecule has 2 amide bonds. The lowest BCUT2D eigenvalue weighted by molar-refractivity contribution is -0.128. The molecule has 0 fully saturated rings. The van der Waals surface area contributed by atoms with Crippen molar-refractivity contribution < 1.29 is 27.5 Å². The predicted molar refractivity (Wildman–Crippen MR) is 164 cm³/mol. The molecule has 4 aromatic carbocycles. The summed E-state index contributed by atoms with van der Waals surface area (Å²) in [6.45, 7) is -0.355. The van der Waals surface area contributed by atoms with Crippen molar-refractivity contribution in [3.63, 3.8) is 0 Å². The molecule has 1 aliphatic rings. The number of benzene rings is 4. The monoisotopic (exact) mass is 619 g/mol. The molecule has 5 rings (SSSR count). The van der Waals surface area contributed by atoms with Gasteiger partial charge < -0.3 is 19.7 Å². The van der Waals surface area contributed by atoms with Crippen LogP contribution in [0.3, 0.4) is 0 Å². The van der Waals surface area contributed by atoms with Crippen LogP contribution >= 0.6 is 11.6 Å². The summed E-state index contributed by atoms with van der Waals surface area (Å²) in [7, 11) is -2.76. The number of nitrogens with one attached hydrogen (secondary N) is 1. The Morgan fingerprint density at radius 2 is 1.60 bits per heavy atom. The van der Waals surface area contributed by atoms with Gasteiger partial charge in [0.2, 0.25) is 15.9 Å². The van der Waals surface area contributed by atoms with Crippen molar-refractivity contribution in [3.8, 4) is 11.5 Å². The summed E-state index contributed by atoms with van der Waals surface area (Å²) in [5.74, 6) is -0.234.